The van der Waals surface area contributed by atoms with Gasteiger partial charge in [0, 0.05) is 30.6 Å². The van der Waals surface area contributed by atoms with Crippen molar-refractivity contribution in [3.8, 4) is 0 Å². The van der Waals surface area contributed by atoms with Gasteiger partial charge in [0.1, 0.15) is 0 Å². The molecule has 1 aliphatic rings. The van der Waals surface area contributed by atoms with Crippen LogP contribution in [0.4, 0.5) is 5.13 Å². The number of nitrogens with zero attached hydrogens (tertiary/aromatic N) is 2. The van der Waals surface area contributed by atoms with E-state index in [9.17, 15) is 0 Å². The van der Waals surface area contributed by atoms with Crippen molar-refractivity contribution < 1.29 is 0 Å². The third-order valence-electron chi connectivity index (χ3n) is 3.59. The summed E-state index contributed by atoms with van der Waals surface area (Å²) in [7, 11) is 0. The van der Waals surface area contributed by atoms with Crippen LogP contribution in [-0.2, 0) is 6.54 Å². The summed E-state index contributed by atoms with van der Waals surface area (Å²) in [6, 6.07) is 0. The highest BCUT2D eigenvalue weighted by Crippen LogP contribution is 2.28. The standard InChI is InChI=1S/C15H27N3S/c1-5-6-12-7-8-18(10-12)14-17-13(11-19-14)9-16-15(2,3)4/h11-12,16H,5-10H2,1-4H3. The van der Waals surface area contributed by atoms with Crippen molar-refractivity contribution in [1.82, 2.24) is 10.3 Å². The largest absolute Gasteiger partial charge is 0.348 e. The maximum absolute atomic E-state index is 4.77. The quantitative estimate of drug-likeness (QED) is 0.893. The number of hydrogen-bond acceptors (Lipinski definition) is 4. The smallest absolute Gasteiger partial charge is 0.185 e. The van der Waals surface area contributed by atoms with Crippen molar-refractivity contribution in [2.75, 3.05) is 18.0 Å². The minimum atomic E-state index is 0.156. The van der Waals surface area contributed by atoms with E-state index in [1.54, 1.807) is 11.3 Å². The molecule has 1 aliphatic heterocycles. The summed E-state index contributed by atoms with van der Waals surface area (Å²) in [6.45, 7) is 12.1. The van der Waals surface area contributed by atoms with Gasteiger partial charge in [0.05, 0.1) is 5.69 Å². The summed E-state index contributed by atoms with van der Waals surface area (Å²) in [5, 5.41) is 6.90. The lowest BCUT2D eigenvalue weighted by Gasteiger charge is -2.19. The molecule has 0 saturated carbocycles. The van der Waals surface area contributed by atoms with Crippen LogP contribution in [0.15, 0.2) is 5.38 Å². The van der Waals surface area contributed by atoms with Crippen LogP contribution in [0.5, 0.6) is 0 Å². The van der Waals surface area contributed by atoms with Gasteiger partial charge in [-0.2, -0.15) is 0 Å². The van der Waals surface area contributed by atoms with Crippen molar-refractivity contribution in [3.05, 3.63) is 11.1 Å². The molecule has 1 atom stereocenters. The zero-order valence-corrected chi connectivity index (χ0v) is 13.5. The number of hydrogen-bond donors (Lipinski definition) is 1. The van der Waals surface area contributed by atoms with Crippen LogP contribution < -0.4 is 10.2 Å². The van der Waals surface area contributed by atoms with E-state index >= 15 is 0 Å². The Morgan fingerprint density at radius 2 is 2.26 bits per heavy atom. The van der Waals surface area contributed by atoms with Gasteiger partial charge in [0.15, 0.2) is 5.13 Å². The zero-order chi connectivity index (χ0) is 13.9. The molecule has 0 amide bonds. The topological polar surface area (TPSA) is 28.2 Å². The van der Waals surface area contributed by atoms with Crippen molar-refractivity contribution in [2.24, 2.45) is 5.92 Å². The minimum Gasteiger partial charge on any atom is -0.348 e. The molecule has 1 aromatic rings. The van der Waals surface area contributed by atoms with Gasteiger partial charge in [-0.3, -0.25) is 0 Å². The van der Waals surface area contributed by atoms with Crippen LogP contribution in [0, 0.1) is 5.92 Å². The Labute approximate surface area is 121 Å². The van der Waals surface area contributed by atoms with Crippen LogP contribution in [0.3, 0.4) is 0 Å². The molecule has 1 N–H and O–H groups in total. The van der Waals surface area contributed by atoms with E-state index < -0.39 is 0 Å². The van der Waals surface area contributed by atoms with Gasteiger partial charge in [-0.15, -0.1) is 11.3 Å². The third kappa shape index (κ3) is 4.46. The highest BCUT2D eigenvalue weighted by molar-refractivity contribution is 7.13. The Kier molecular flexibility index (Phi) is 4.85. The van der Waals surface area contributed by atoms with Gasteiger partial charge in [-0.05, 0) is 39.5 Å². The summed E-state index contributed by atoms with van der Waals surface area (Å²) in [4.78, 5) is 7.24. The first kappa shape index (κ1) is 14.8. The summed E-state index contributed by atoms with van der Waals surface area (Å²) in [5.41, 5.74) is 1.33. The Hall–Kier alpha value is -0.610. The molecule has 0 aliphatic carbocycles. The molecule has 0 spiro atoms. The van der Waals surface area contributed by atoms with E-state index in [4.69, 9.17) is 4.98 Å². The Morgan fingerprint density at radius 3 is 2.95 bits per heavy atom. The van der Waals surface area contributed by atoms with E-state index in [0.29, 0.717) is 0 Å². The minimum absolute atomic E-state index is 0.156. The van der Waals surface area contributed by atoms with Crippen LogP contribution in [0.25, 0.3) is 0 Å². The number of thiazole rings is 1. The monoisotopic (exact) mass is 281 g/mol. The second kappa shape index (κ2) is 6.23. The number of nitrogens with one attached hydrogen (secondary N) is 1. The lowest BCUT2D eigenvalue weighted by molar-refractivity contribution is 0.422. The van der Waals surface area contributed by atoms with Crippen molar-refractivity contribution in [2.45, 2.75) is 59.0 Å². The van der Waals surface area contributed by atoms with Gasteiger partial charge < -0.3 is 10.2 Å². The average molecular weight is 281 g/mol. The van der Waals surface area contributed by atoms with E-state index in [1.165, 1.54) is 43.2 Å². The maximum Gasteiger partial charge on any atom is 0.185 e. The average Bonchev–Trinajstić information content (AvgIpc) is 2.93. The zero-order valence-electron chi connectivity index (χ0n) is 12.7. The predicted molar refractivity (Wildman–Crippen MR) is 83.9 cm³/mol. The molecule has 0 bridgehead atoms. The second-order valence-corrected chi connectivity index (χ2v) is 7.45. The first-order valence-corrected chi connectivity index (χ1v) is 8.30. The highest BCUT2D eigenvalue weighted by Gasteiger charge is 2.23. The van der Waals surface area contributed by atoms with Gasteiger partial charge in [-0.25, -0.2) is 4.98 Å². The lowest BCUT2D eigenvalue weighted by Crippen LogP contribution is -2.35. The molecule has 4 heteroatoms. The molecule has 2 rings (SSSR count). The van der Waals surface area contributed by atoms with Crippen molar-refractivity contribution in [3.63, 3.8) is 0 Å². The fourth-order valence-corrected chi connectivity index (χ4v) is 3.39. The predicted octanol–water partition coefficient (Wildman–Crippen LogP) is 3.66. The molecule has 108 valence electrons. The maximum atomic E-state index is 4.77. The molecular formula is C15H27N3S. The van der Waals surface area contributed by atoms with E-state index in [-0.39, 0.29) is 5.54 Å². The molecule has 1 unspecified atom stereocenters. The normalized spacial score (nSPS) is 20.2. The molecule has 1 fully saturated rings. The van der Waals surface area contributed by atoms with Crippen molar-refractivity contribution in [1.29, 1.82) is 0 Å². The first-order chi connectivity index (χ1) is 8.98. The van der Waals surface area contributed by atoms with Gasteiger partial charge in [0.25, 0.3) is 0 Å². The van der Waals surface area contributed by atoms with Crippen LogP contribution in [0.2, 0.25) is 0 Å². The fourth-order valence-electron chi connectivity index (χ4n) is 2.53. The fraction of sp³-hybridized carbons (Fsp3) is 0.800. The van der Waals surface area contributed by atoms with Crippen LogP contribution >= 0.6 is 11.3 Å². The van der Waals surface area contributed by atoms with Crippen LogP contribution in [-0.4, -0.2) is 23.6 Å². The molecule has 0 aromatic carbocycles. The van der Waals surface area contributed by atoms with E-state index in [1.807, 2.05) is 0 Å². The summed E-state index contributed by atoms with van der Waals surface area (Å²) >= 11 is 1.79. The SMILES string of the molecule is CCCC1CCN(c2nc(CNC(C)(C)C)cs2)C1. The Bertz CT molecular complexity index is 394. The van der Waals surface area contributed by atoms with Gasteiger partial charge in [-0.1, -0.05) is 13.3 Å². The molecule has 0 radical (unpaired) electrons. The Balaban J connectivity index is 1.87. The number of anilines is 1. The first-order valence-electron chi connectivity index (χ1n) is 7.42. The molecule has 19 heavy (non-hydrogen) atoms. The Morgan fingerprint density at radius 1 is 1.47 bits per heavy atom. The molecule has 1 saturated heterocycles. The number of aromatic nitrogens is 1. The van der Waals surface area contributed by atoms with Gasteiger partial charge in [0.2, 0.25) is 0 Å². The molecular weight excluding hydrogens is 254 g/mol. The molecule has 3 nitrogen and oxygen atoms in total. The molecule has 2 heterocycles. The second-order valence-electron chi connectivity index (χ2n) is 6.61. The van der Waals surface area contributed by atoms with E-state index in [0.717, 1.165) is 12.5 Å². The van der Waals surface area contributed by atoms with E-state index in [2.05, 4.69) is 43.3 Å². The molecule has 1 aromatic heterocycles. The van der Waals surface area contributed by atoms with Gasteiger partial charge >= 0.3 is 0 Å². The highest BCUT2D eigenvalue weighted by atomic mass is 32.1. The van der Waals surface area contributed by atoms with Crippen molar-refractivity contribution >= 4 is 16.5 Å². The third-order valence-corrected chi connectivity index (χ3v) is 4.54. The summed E-state index contributed by atoms with van der Waals surface area (Å²) in [6.07, 6.45) is 4.00. The number of rotatable bonds is 5. The summed E-state index contributed by atoms with van der Waals surface area (Å²) in [5.74, 6) is 0.880. The van der Waals surface area contributed by atoms with Crippen LogP contribution in [0.1, 0.15) is 52.7 Å². The summed E-state index contributed by atoms with van der Waals surface area (Å²) < 4.78 is 0. The lowest BCUT2D eigenvalue weighted by atomic mass is 10.0.